The van der Waals surface area contributed by atoms with Crippen LogP contribution in [-0.4, -0.2) is 19.6 Å². The number of aromatic hydroxyl groups is 1. The Morgan fingerprint density at radius 1 is 1.10 bits per heavy atom. The molecule has 8 heteroatoms. The van der Waals surface area contributed by atoms with Gasteiger partial charge in [0.05, 0.1) is 11.3 Å². The van der Waals surface area contributed by atoms with Crippen molar-refractivity contribution in [2.45, 2.75) is 6.18 Å². The maximum atomic E-state index is 13.1. The predicted molar refractivity (Wildman–Crippen MR) is 65.5 cm³/mol. The van der Waals surface area contributed by atoms with E-state index in [0.717, 1.165) is 23.0 Å². The Hall–Kier alpha value is -2.64. The van der Waals surface area contributed by atoms with Gasteiger partial charge in [-0.05, 0) is 24.3 Å². The smallest absolute Gasteiger partial charge is 0.418 e. The molecule has 0 radical (unpaired) electrons. The minimum Gasteiger partial charge on any atom is -0.493 e. The van der Waals surface area contributed by atoms with E-state index in [1.54, 1.807) is 0 Å². The molecule has 0 aliphatic carbocycles. The monoisotopic (exact) mass is 297 g/mol. The number of benzene rings is 1. The van der Waals surface area contributed by atoms with Crippen LogP contribution in [0.25, 0.3) is 16.9 Å². The zero-order valence-corrected chi connectivity index (χ0v) is 10.3. The van der Waals surface area contributed by atoms with Gasteiger partial charge >= 0.3 is 6.18 Å². The van der Waals surface area contributed by atoms with E-state index in [1.807, 2.05) is 0 Å². The number of aromatic nitrogens is 3. The van der Waals surface area contributed by atoms with Crippen molar-refractivity contribution >= 4 is 11.2 Å². The molecule has 2 aromatic heterocycles. The lowest BCUT2D eigenvalue weighted by atomic mass is 10.1. The molecule has 3 aromatic rings. The second-order valence-corrected chi connectivity index (χ2v) is 4.29. The fourth-order valence-corrected chi connectivity index (χ4v) is 2.01. The molecule has 0 atom stereocenters. The van der Waals surface area contributed by atoms with E-state index in [-0.39, 0.29) is 17.2 Å². The number of hydrogen-bond acceptors (Lipinski definition) is 3. The van der Waals surface area contributed by atoms with Crippen LogP contribution in [0.1, 0.15) is 5.56 Å². The quantitative estimate of drug-likeness (QED) is 0.701. The number of nitrogens with zero attached hydrogens (tertiary/aromatic N) is 3. The van der Waals surface area contributed by atoms with Gasteiger partial charge in [-0.15, -0.1) is 0 Å². The summed E-state index contributed by atoms with van der Waals surface area (Å²) < 4.78 is 53.3. The molecule has 0 unspecified atom stereocenters. The molecule has 21 heavy (non-hydrogen) atoms. The summed E-state index contributed by atoms with van der Waals surface area (Å²) in [6.07, 6.45) is -3.59. The van der Waals surface area contributed by atoms with Crippen LogP contribution in [0.5, 0.6) is 5.88 Å². The van der Waals surface area contributed by atoms with E-state index in [4.69, 9.17) is 0 Å². The molecule has 0 fully saturated rings. The van der Waals surface area contributed by atoms with Gasteiger partial charge in [0.2, 0.25) is 5.88 Å². The van der Waals surface area contributed by atoms with Crippen LogP contribution in [0.4, 0.5) is 17.6 Å². The average Bonchev–Trinajstić information content (AvgIpc) is 2.80. The van der Waals surface area contributed by atoms with Crippen molar-refractivity contribution in [3.8, 4) is 11.6 Å². The highest BCUT2D eigenvalue weighted by Crippen LogP contribution is 2.35. The van der Waals surface area contributed by atoms with E-state index in [0.29, 0.717) is 11.6 Å². The summed E-state index contributed by atoms with van der Waals surface area (Å²) >= 11 is 0. The normalized spacial score (nSPS) is 12.0. The zero-order chi connectivity index (χ0) is 15.2. The molecular weight excluding hydrogens is 290 g/mol. The Labute approximate surface area is 115 Å². The molecule has 1 aromatic carbocycles. The summed E-state index contributed by atoms with van der Waals surface area (Å²) in [7, 11) is 0. The predicted octanol–water partition coefficient (Wildman–Crippen LogP) is 3.28. The van der Waals surface area contributed by atoms with Gasteiger partial charge < -0.3 is 5.11 Å². The van der Waals surface area contributed by atoms with Crippen molar-refractivity contribution in [3.63, 3.8) is 0 Å². The molecule has 3 rings (SSSR count). The molecule has 0 aliphatic heterocycles. The Morgan fingerprint density at radius 2 is 1.86 bits per heavy atom. The summed E-state index contributed by atoms with van der Waals surface area (Å²) in [6.45, 7) is 0. The third-order valence-corrected chi connectivity index (χ3v) is 2.90. The van der Waals surface area contributed by atoms with Gasteiger partial charge in [0, 0.05) is 6.07 Å². The van der Waals surface area contributed by atoms with Crippen molar-refractivity contribution in [1.82, 2.24) is 14.5 Å². The van der Waals surface area contributed by atoms with Gasteiger partial charge in [-0.2, -0.15) is 18.2 Å². The summed E-state index contributed by atoms with van der Waals surface area (Å²) in [6, 6.07) is 5.01. The topological polar surface area (TPSA) is 50.9 Å². The summed E-state index contributed by atoms with van der Waals surface area (Å²) in [5.41, 5.74) is -1.10. The van der Waals surface area contributed by atoms with Gasteiger partial charge in [0.1, 0.15) is 17.7 Å². The number of pyridine rings is 1. The number of alkyl halides is 3. The molecule has 0 aliphatic rings. The molecular formula is C13H7F4N3O. The second kappa shape index (κ2) is 4.44. The Balaban J connectivity index is 2.30. The van der Waals surface area contributed by atoms with Gasteiger partial charge in [0.15, 0.2) is 5.65 Å². The van der Waals surface area contributed by atoms with E-state index < -0.39 is 17.6 Å². The molecule has 0 bridgehead atoms. The van der Waals surface area contributed by atoms with Gasteiger partial charge in [0.25, 0.3) is 0 Å². The van der Waals surface area contributed by atoms with E-state index in [2.05, 4.69) is 9.97 Å². The highest BCUT2D eigenvalue weighted by molar-refractivity contribution is 5.74. The van der Waals surface area contributed by atoms with Crippen LogP contribution in [0.2, 0.25) is 0 Å². The van der Waals surface area contributed by atoms with Crippen LogP contribution < -0.4 is 0 Å². The van der Waals surface area contributed by atoms with E-state index >= 15 is 0 Å². The molecule has 0 saturated carbocycles. The van der Waals surface area contributed by atoms with Crippen molar-refractivity contribution in [1.29, 1.82) is 0 Å². The third-order valence-electron chi connectivity index (χ3n) is 2.90. The Bertz CT molecular complexity index is 826. The van der Waals surface area contributed by atoms with Gasteiger partial charge in [-0.1, -0.05) is 0 Å². The standard InChI is InChI=1S/C13H7F4N3O/c14-7-1-3-10(8(5-7)13(15,16)17)20-6-18-9-2-4-11(21)19-12(9)20/h1-6H,(H,19,21). The van der Waals surface area contributed by atoms with Crippen molar-refractivity contribution in [2.75, 3.05) is 0 Å². The summed E-state index contributed by atoms with van der Waals surface area (Å²) in [5.74, 6) is -1.34. The van der Waals surface area contributed by atoms with Gasteiger partial charge in [-0.25, -0.2) is 9.37 Å². The lowest BCUT2D eigenvalue weighted by molar-refractivity contribution is -0.137. The number of halogens is 4. The highest BCUT2D eigenvalue weighted by Gasteiger charge is 2.34. The van der Waals surface area contributed by atoms with Crippen LogP contribution in [-0.2, 0) is 6.18 Å². The van der Waals surface area contributed by atoms with E-state index in [1.165, 1.54) is 12.1 Å². The van der Waals surface area contributed by atoms with E-state index in [9.17, 15) is 22.7 Å². The number of rotatable bonds is 1. The average molecular weight is 297 g/mol. The summed E-state index contributed by atoms with van der Waals surface area (Å²) in [4.78, 5) is 7.66. The van der Waals surface area contributed by atoms with Crippen molar-refractivity contribution in [2.24, 2.45) is 0 Å². The minimum absolute atomic E-state index is 0.0482. The maximum Gasteiger partial charge on any atom is 0.418 e. The molecule has 0 amide bonds. The maximum absolute atomic E-state index is 13.1. The fourth-order valence-electron chi connectivity index (χ4n) is 2.01. The van der Waals surface area contributed by atoms with Crippen LogP contribution in [0.3, 0.4) is 0 Å². The van der Waals surface area contributed by atoms with Crippen LogP contribution in [0, 0.1) is 5.82 Å². The highest BCUT2D eigenvalue weighted by atomic mass is 19.4. The first-order valence-electron chi connectivity index (χ1n) is 5.76. The molecule has 108 valence electrons. The fraction of sp³-hybridized carbons (Fsp3) is 0.0769. The molecule has 4 nitrogen and oxygen atoms in total. The molecule has 0 saturated heterocycles. The zero-order valence-electron chi connectivity index (χ0n) is 10.3. The number of hydrogen-bond donors (Lipinski definition) is 1. The Kier molecular flexibility index (Phi) is 2.82. The van der Waals surface area contributed by atoms with Crippen molar-refractivity contribution < 1.29 is 22.7 Å². The second-order valence-electron chi connectivity index (χ2n) is 4.29. The first-order valence-corrected chi connectivity index (χ1v) is 5.76. The third kappa shape index (κ3) is 2.28. The largest absolute Gasteiger partial charge is 0.493 e. The number of imidazole rings is 1. The minimum atomic E-state index is -4.73. The summed E-state index contributed by atoms with van der Waals surface area (Å²) in [5, 5.41) is 9.36. The first kappa shape index (κ1) is 13.3. The molecule has 2 heterocycles. The lowest BCUT2D eigenvalue weighted by Gasteiger charge is -2.13. The van der Waals surface area contributed by atoms with Gasteiger partial charge in [-0.3, -0.25) is 4.57 Å². The Morgan fingerprint density at radius 3 is 2.57 bits per heavy atom. The first-order chi connectivity index (χ1) is 9.86. The van der Waals surface area contributed by atoms with Crippen LogP contribution in [0.15, 0.2) is 36.7 Å². The lowest BCUT2D eigenvalue weighted by Crippen LogP contribution is -2.11. The molecule has 1 N–H and O–H groups in total. The molecule has 0 spiro atoms. The van der Waals surface area contributed by atoms with Crippen molar-refractivity contribution in [3.05, 3.63) is 48.0 Å². The number of fused-ring (bicyclic) bond motifs is 1. The van der Waals surface area contributed by atoms with Crippen LogP contribution >= 0.6 is 0 Å². The SMILES string of the molecule is Oc1ccc2ncn(-c3ccc(F)cc3C(F)(F)F)c2n1.